The van der Waals surface area contributed by atoms with Crippen LogP contribution >= 0.6 is 23.1 Å². The Bertz CT molecular complexity index is 749. The molecule has 0 spiro atoms. The van der Waals surface area contributed by atoms with Gasteiger partial charge in [0.2, 0.25) is 5.13 Å². The number of pyridine rings is 1. The van der Waals surface area contributed by atoms with Gasteiger partial charge < -0.3 is 5.32 Å². The van der Waals surface area contributed by atoms with Gasteiger partial charge in [-0.3, -0.25) is 4.98 Å². The molecule has 0 radical (unpaired) electrons. The predicted octanol–water partition coefficient (Wildman–Crippen LogP) is 4.08. The van der Waals surface area contributed by atoms with E-state index in [1.54, 1.807) is 24.0 Å². The van der Waals surface area contributed by atoms with Gasteiger partial charge in [0.25, 0.3) is 0 Å². The lowest BCUT2D eigenvalue weighted by atomic mass is 10.2. The minimum atomic E-state index is -0.142. The number of rotatable bonds is 7. The van der Waals surface area contributed by atoms with Crippen LogP contribution in [-0.2, 0) is 5.75 Å². The van der Waals surface area contributed by atoms with E-state index in [2.05, 4.69) is 20.5 Å². The molecule has 23 heavy (non-hydrogen) atoms. The van der Waals surface area contributed by atoms with E-state index >= 15 is 0 Å². The summed E-state index contributed by atoms with van der Waals surface area (Å²) in [6, 6.07) is 12.6. The van der Waals surface area contributed by atoms with Crippen LogP contribution in [0.2, 0.25) is 0 Å². The van der Waals surface area contributed by atoms with Crippen LogP contribution in [0.4, 0.5) is 9.52 Å². The molecule has 118 valence electrons. The lowest BCUT2D eigenvalue weighted by Gasteiger charge is -2.03. The van der Waals surface area contributed by atoms with Gasteiger partial charge in [-0.2, -0.15) is 11.8 Å². The third kappa shape index (κ3) is 4.49. The maximum atomic E-state index is 13.5. The monoisotopic (exact) mass is 346 g/mol. The predicted molar refractivity (Wildman–Crippen MR) is 94.2 cm³/mol. The first-order valence-electron chi connectivity index (χ1n) is 7.13. The van der Waals surface area contributed by atoms with Crippen molar-refractivity contribution in [3.05, 3.63) is 60.0 Å². The SMILES string of the molecule is Fc1ccccc1CSCCNc1nnc(-c2ccccn2)s1. The Morgan fingerprint density at radius 1 is 1.09 bits per heavy atom. The second kappa shape index (κ2) is 8.03. The summed E-state index contributed by atoms with van der Waals surface area (Å²) in [6.45, 7) is 0.760. The van der Waals surface area contributed by atoms with Gasteiger partial charge >= 0.3 is 0 Å². The van der Waals surface area contributed by atoms with Crippen molar-refractivity contribution in [3.63, 3.8) is 0 Å². The number of hydrogen-bond donors (Lipinski definition) is 1. The number of benzene rings is 1. The van der Waals surface area contributed by atoms with Gasteiger partial charge in [0, 0.05) is 24.2 Å². The maximum Gasteiger partial charge on any atom is 0.206 e. The number of aromatic nitrogens is 3. The highest BCUT2D eigenvalue weighted by atomic mass is 32.2. The fourth-order valence-corrected chi connectivity index (χ4v) is 3.51. The molecule has 2 heterocycles. The van der Waals surface area contributed by atoms with Gasteiger partial charge in [-0.15, -0.1) is 10.2 Å². The Labute approximate surface area is 142 Å². The van der Waals surface area contributed by atoms with Gasteiger partial charge in [-0.25, -0.2) is 4.39 Å². The number of anilines is 1. The average Bonchev–Trinajstić information content (AvgIpc) is 3.06. The smallest absolute Gasteiger partial charge is 0.206 e. The molecular weight excluding hydrogens is 331 g/mol. The molecule has 0 amide bonds. The third-order valence-electron chi connectivity index (χ3n) is 3.05. The van der Waals surface area contributed by atoms with E-state index in [-0.39, 0.29) is 5.82 Å². The standard InChI is InChI=1S/C16H15FN4S2/c17-13-6-2-1-5-12(13)11-22-10-9-19-16-21-20-15(23-16)14-7-3-4-8-18-14/h1-8H,9-11H2,(H,19,21). The molecule has 0 saturated heterocycles. The van der Waals surface area contributed by atoms with Gasteiger partial charge in [0.1, 0.15) is 11.5 Å². The van der Waals surface area contributed by atoms with Crippen molar-refractivity contribution >= 4 is 28.2 Å². The summed E-state index contributed by atoms with van der Waals surface area (Å²) in [5.41, 5.74) is 1.57. The number of hydrogen-bond acceptors (Lipinski definition) is 6. The third-order valence-corrected chi connectivity index (χ3v) is 4.96. The Kier molecular flexibility index (Phi) is 5.55. The highest BCUT2D eigenvalue weighted by molar-refractivity contribution is 7.98. The van der Waals surface area contributed by atoms with Crippen molar-refractivity contribution in [1.82, 2.24) is 15.2 Å². The molecule has 0 unspecified atom stereocenters. The Morgan fingerprint density at radius 2 is 1.96 bits per heavy atom. The Balaban J connectivity index is 1.43. The van der Waals surface area contributed by atoms with Crippen LogP contribution in [0, 0.1) is 5.82 Å². The molecule has 0 fully saturated rings. The van der Waals surface area contributed by atoms with Crippen LogP contribution in [0.25, 0.3) is 10.7 Å². The van der Waals surface area contributed by atoms with Crippen LogP contribution < -0.4 is 5.32 Å². The zero-order valence-electron chi connectivity index (χ0n) is 12.3. The molecular formula is C16H15FN4S2. The minimum absolute atomic E-state index is 0.142. The second-order valence-electron chi connectivity index (χ2n) is 4.70. The quantitative estimate of drug-likeness (QED) is 0.653. The largest absolute Gasteiger partial charge is 0.359 e. The minimum Gasteiger partial charge on any atom is -0.359 e. The molecule has 0 saturated carbocycles. The molecule has 3 rings (SSSR count). The van der Waals surface area contributed by atoms with E-state index in [9.17, 15) is 4.39 Å². The summed E-state index contributed by atoms with van der Waals surface area (Å²) in [4.78, 5) is 4.25. The zero-order chi connectivity index (χ0) is 15.9. The highest BCUT2D eigenvalue weighted by Crippen LogP contribution is 2.24. The van der Waals surface area contributed by atoms with Crippen LogP contribution in [0.1, 0.15) is 5.56 Å². The molecule has 1 aromatic carbocycles. The van der Waals surface area contributed by atoms with E-state index in [1.807, 2.05) is 30.3 Å². The summed E-state index contributed by atoms with van der Waals surface area (Å²) in [6.07, 6.45) is 1.74. The molecule has 7 heteroatoms. The van der Waals surface area contributed by atoms with Crippen LogP contribution in [0.5, 0.6) is 0 Å². The van der Waals surface area contributed by atoms with E-state index in [0.717, 1.165) is 33.7 Å². The summed E-state index contributed by atoms with van der Waals surface area (Å²) in [5.74, 6) is 1.40. The second-order valence-corrected chi connectivity index (χ2v) is 6.78. The topological polar surface area (TPSA) is 50.7 Å². The van der Waals surface area contributed by atoms with Crippen molar-refractivity contribution < 1.29 is 4.39 Å². The summed E-state index contributed by atoms with van der Waals surface area (Å²) in [5, 5.41) is 13.1. The molecule has 0 aliphatic heterocycles. The number of thioether (sulfide) groups is 1. The molecule has 4 nitrogen and oxygen atoms in total. The Hall–Kier alpha value is -1.99. The first-order valence-corrected chi connectivity index (χ1v) is 9.10. The number of halogens is 1. The molecule has 2 aromatic heterocycles. The van der Waals surface area contributed by atoms with E-state index < -0.39 is 0 Å². The molecule has 0 aliphatic rings. The van der Waals surface area contributed by atoms with E-state index in [0.29, 0.717) is 5.75 Å². The first kappa shape index (κ1) is 15.9. The lowest BCUT2D eigenvalue weighted by molar-refractivity contribution is 0.617. The lowest BCUT2D eigenvalue weighted by Crippen LogP contribution is -2.04. The fourth-order valence-electron chi connectivity index (χ4n) is 1.92. The van der Waals surface area contributed by atoms with Gasteiger partial charge in [-0.05, 0) is 23.8 Å². The highest BCUT2D eigenvalue weighted by Gasteiger charge is 2.06. The van der Waals surface area contributed by atoms with Crippen molar-refractivity contribution in [2.75, 3.05) is 17.6 Å². The van der Waals surface area contributed by atoms with Crippen LogP contribution in [0.3, 0.4) is 0 Å². The number of nitrogens with one attached hydrogen (secondary N) is 1. The molecule has 0 aliphatic carbocycles. The first-order chi connectivity index (χ1) is 11.3. The number of nitrogens with zero attached hydrogens (tertiary/aromatic N) is 3. The van der Waals surface area contributed by atoms with Crippen molar-refractivity contribution in [2.45, 2.75) is 5.75 Å². The van der Waals surface area contributed by atoms with Crippen molar-refractivity contribution in [1.29, 1.82) is 0 Å². The molecule has 0 bridgehead atoms. The average molecular weight is 346 g/mol. The van der Waals surface area contributed by atoms with Gasteiger partial charge in [-0.1, -0.05) is 35.6 Å². The normalized spacial score (nSPS) is 10.7. The van der Waals surface area contributed by atoms with E-state index in [1.165, 1.54) is 17.4 Å². The summed E-state index contributed by atoms with van der Waals surface area (Å²) < 4.78 is 13.5. The summed E-state index contributed by atoms with van der Waals surface area (Å²) >= 11 is 3.16. The van der Waals surface area contributed by atoms with Crippen molar-refractivity contribution in [2.24, 2.45) is 0 Å². The molecule has 0 atom stereocenters. The van der Waals surface area contributed by atoms with E-state index in [4.69, 9.17) is 0 Å². The van der Waals surface area contributed by atoms with Crippen LogP contribution in [-0.4, -0.2) is 27.5 Å². The molecule has 1 N–H and O–H groups in total. The summed E-state index contributed by atoms with van der Waals surface area (Å²) in [7, 11) is 0. The van der Waals surface area contributed by atoms with Crippen molar-refractivity contribution in [3.8, 4) is 10.7 Å². The zero-order valence-corrected chi connectivity index (χ0v) is 13.9. The molecule has 3 aromatic rings. The Morgan fingerprint density at radius 3 is 2.78 bits per heavy atom. The van der Waals surface area contributed by atoms with Gasteiger partial charge in [0.15, 0.2) is 5.01 Å². The fraction of sp³-hybridized carbons (Fsp3) is 0.188. The maximum absolute atomic E-state index is 13.5. The van der Waals surface area contributed by atoms with Crippen LogP contribution in [0.15, 0.2) is 48.7 Å². The van der Waals surface area contributed by atoms with Gasteiger partial charge in [0.05, 0.1) is 0 Å².